The fraction of sp³-hybridized carbons (Fsp3) is 0.692. The van der Waals surface area contributed by atoms with Crippen molar-refractivity contribution in [2.45, 2.75) is 439 Å². The first-order valence-corrected chi connectivity index (χ1v) is 46.5. The minimum absolute atomic E-state index is 0.208. The predicted octanol–water partition coefficient (Wildman–Crippen LogP) is 28.9. The van der Waals surface area contributed by atoms with Crippen LogP contribution < -0.4 is 0 Å². The molecule has 0 spiro atoms. The molecule has 0 heterocycles. The zero-order valence-corrected chi connectivity index (χ0v) is 72.1. The lowest BCUT2D eigenvalue weighted by molar-refractivity contribution is -0.144. The molecule has 112 heavy (non-hydrogen) atoms. The third-order valence-electron chi connectivity index (χ3n) is 21.2. The number of carbonyl (C=O) groups is 4. The molecule has 0 amide bonds. The Morgan fingerprint density at radius 3 is 0.527 bits per heavy atom. The Balaban J connectivity index is 2.50. The summed E-state index contributed by atoms with van der Waals surface area (Å²) < 4.78 is 24.0. The van der Waals surface area contributed by atoms with Crippen molar-refractivity contribution in [3.63, 3.8) is 0 Å². The molecule has 2 aromatic rings. The molecule has 0 radical (unpaired) electrons. The smallest absolute Gasteiger partial charge is 0.306 e. The van der Waals surface area contributed by atoms with Crippen LogP contribution in [0, 0.1) is 71.0 Å². The molecule has 0 atom stereocenters. The number of benzene rings is 2. The van der Waals surface area contributed by atoms with Crippen molar-refractivity contribution in [1.82, 2.24) is 0 Å². The molecule has 8 nitrogen and oxygen atoms in total. The highest BCUT2D eigenvalue weighted by Gasteiger charge is 2.15. The van der Waals surface area contributed by atoms with Gasteiger partial charge in [-0.2, -0.15) is 0 Å². The van der Waals surface area contributed by atoms with Crippen LogP contribution in [-0.2, 0) is 38.1 Å². The van der Waals surface area contributed by atoms with E-state index in [1.807, 2.05) is 60.7 Å². The molecule has 0 unspecified atom stereocenters. The van der Waals surface area contributed by atoms with E-state index in [1.165, 1.54) is 283 Å². The maximum Gasteiger partial charge on any atom is 0.306 e. The van der Waals surface area contributed by atoms with Gasteiger partial charge in [0.05, 0.1) is 22.3 Å². The molecule has 0 aliphatic carbocycles. The van der Waals surface area contributed by atoms with Crippen molar-refractivity contribution in [1.29, 1.82) is 0 Å². The summed E-state index contributed by atoms with van der Waals surface area (Å²) in [5.74, 6) is 35.2. The molecule has 0 N–H and O–H groups in total. The number of hydrogen-bond donors (Lipinski definition) is 0. The number of hydrogen-bond acceptors (Lipinski definition) is 8. The molecule has 0 aromatic heterocycles. The van der Waals surface area contributed by atoms with E-state index in [1.54, 1.807) is 0 Å². The summed E-state index contributed by atoms with van der Waals surface area (Å²) in [5.41, 5.74) is 2.91. The number of esters is 4. The van der Waals surface area contributed by atoms with Crippen molar-refractivity contribution in [3.05, 3.63) is 94.1 Å². The van der Waals surface area contributed by atoms with Crippen molar-refractivity contribution in [2.75, 3.05) is 26.4 Å². The first-order valence-electron chi connectivity index (χ1n) is 46.5. The first-order chi connectivity index (χ1) is 55.3. The van der Waals surface area contributed by atoms with Crippen LogP contribution in [0.1, 0.15) is 450 Å². The standard InChI is InChI=1S/C104H158O8/c1-5-9-13-17-21-25-29-33-37-41-45-49-53-57-67-87-101(105)109-91-97(83-73-71-81-95-77-63-61-64-78-95)99(93-111-103(107)89-69-59-55-51-47-43-39-35-31-27-23-19-15-11-7-3)85-75-76-86-100(94-112-104(108)90-70-60-56-52-48-44-40-36-32-28-24-20-16-12-8-4)98(84-74-72-82-96-79-65-62-66-80-96)92-110-102(106)88-68-58-54-50-46-42-38-34-30-26-22-18-14-10-6-2/h61-66,77-80H,5-60,67-70,87-94H2,1-4H3/b99-97-,100-98-. The van der Waals surface area contributed by atoms with Crippen LogP contribution in [-0.4, -0.2) is 50.3 Å². The van der Waals surface area contributed by atoms with Crippen molar-refractivity contribution in [2.24, 2.45) is 0 Å². The molecular formula is C104H158O8. The molecule has 2 rings (SSSR count). The molecule has 0 aliphatic heterocycles. The van der Waals surface area contributed by atoms with Crippen LogP contribution in [0.25, 0.3) is 0 Å². The second-order valence-corrected chi connectivity index (χ2v) is 31.6. The summed E-state index contributed by atoms with van der Waals surface area (Å²) in [6.45, 7) is 8.20. The quantitative estimate of drug-likeness (QED) is 0.0279. The molecular weight excluding hydrogens is 1380 g/mol. The normalized spacial score (nSPS) is 11.1. The minimum atomic E-state index is -0.356. The van der Waals surface area contributed by atoms with E-state index in [0.29, 0.717) is 35.1 Å². The van der Waals surface area contributed by atoms with Crippen LogP contribution in [0.15, 0.2) is 83.0 Å². The van der Waals surface area contributed by atoms with Crippen LogP contribution in [0.3, 0.4) is 0 Å². The molecule has 8 heteroatoms. The molecule has 622 valence electrons. The Labute approximate surface area is 688 Å². The second-order valence-electron chi connectivity index (χ2n) is 31.6. The van der Waals surface area contributed by atoms with E-state index in [9.17, 15) is 19.2 Å². The topological polar surface area (TPSA) is 105 Å². The Bertz CT molecular complexity index is 2890. The zero-order chi connectivity index (χ0) is 80.2. The Morgan fingerprint density at radius 1 is 0.205 bits per heavy atom. The van der Waals surface area contributed by atoms with Crippen molar-refractivity contribution >= 4 is 23.9 Å². The van der Waals surface area contributed by atoms with Gasteiger partial charge in [-0.05, 0) is 85.5 Å². The first kappa shape index (κ1) is 101. The van der Waals surface area contributed by atoms with E-state index in [2.05, 4.69) is 98.7 Å². The van der Waals surface area contributed by atoms with Crippen LogP contribution >= 0.6 is 0 Å². The van der Waals surface area contributed by atoms with Gasteiger partial charge in [-0.15, -0.1) is 0 Å². The maximum atomic E-state index is 13.6. The van der Waals surface area contributed by atoms with E-state index in [-0.39, 0.29) is 76.0 Å². The van der Waals surface area contributed by atoms with E-state index in [4.69, 9.17) is 18.9 Å². The molecule has 0 saturated carbocycles. The number of rotatable bonds is 72. The summed E-state index contributed by atoms with van der Waals surface area (Å²) in [5, 5.41) is 0. The second kappa shape index (κ2) is 80.8. The van der Waals surface area contributed by atoms with Gasteiger partial charge in [0, 0.05) is 36.8 Å². The van der Waals surface area contributed by atoms with Crippen molar-refractivity contribution in [3.8, 4) is 71.0 Å². The van der Waals surface area contributed by atoms with Gasteiger partial charge in [0.25, 0.3) is 0 Å². The van der Waals surface area contributed by atoms with Gasteiger partial charge < -0.3 is 18.9 Å². The maximum absolute atomic E-state index is 13.6. The number of unbranched alkanes of at least 4 members (excludes halogenated alkanes) is 56. The Kier molecular flexibility index (Phi) is 73.0. The lowest BCUT2D eigenvalue weighted by Gasteiger charge is -2.10. The average Bonchev–Trinajstić information content (AvgIpc) is 0.899. The summed E-state index contributed by atoms with van der Waals surface area (Å²) in [7, 11) is 0. The summed E-state index contributed by atoms with van der Waals surface area (Å²) >= 11 is 0. The lowest BCUT2D eigenvalue weighted by atomic mass is 10.0. The van der Waals surface area contributed by atoms with E-state index in [0.717, 1.165) is 101 Å². The molecule has 0 bridgehead atoms. The molecule has 0 fully saturated rings. The summed E-state index contributed by atoms with van der Waals surface area (Å²) in [6, 6.07) is 19.2. The summed E-state index contributed by atoms with van der Waals surface area (Å²) in [6.07, 6.45) is 74.8. The number of carbonyl (C=O) groups excluding carboxylic acids is 4. The van der Waals surface area contributed by atoms with Gasteiger partial charge in [-0.3, -0.25) is 19.2 Å². The Hall–Kier alpha value is -6.84. The lowest BCUT2D eigenvalue weighted by Crippen LogP contribution is -2.12. The van der Waals surface area contributed by atoms with E-state index >= 15 is 0 Å². The highest BCUT2D eigenvalue weighted by molar-refractivity contribution is 5.72. The van der Waals surface area contributed by atoms with Crippen LogP contribution in [0.2, 0.25) is 0 Å². The van der Waals surface area contributed by atoms with Gasteiger partial charge in [-0.1, -0.05) is 459 Å². The van der Waals surface area contributed by atoms with Gasteiger partial charge >= 0.3 is 23.9 Å². The molecule has 0 saturated heterocycles. The van der Waals surface area contributed by atoms with Crippen LogP contribution in [0.4, 0.5) is 0 Å². The van der Waals surface area contributed by atoms with E-state index < -0.39 is 0 Å². The Morgan fingerprint density at radius 2 is 0.357 bits per heavy atom. The fourth-order valence-electron chi connectivity index (χ4n) is 13.9. The zero-order valence-electron chi connectivity index (χ0n) is 72.1. The average molecular weight is 1540 g/mol. The largest absolute Gasteiger partial charge is 0.460 e. The van der Waals surface area contributed by atoms with Crippen LogP contribution in [0.5, 0.6) is 0 Å². The molecule has 2 aromatic carbocycles. The highest BCUT2D eigenvalue weighted by Crippen LogP contribution is 2.21. The van der Waals surface area contributed by atoms with Crippen molar-refractivity contribution < 1.29 is 38.1 Å². The number of ether oxygens (including phenoxy) is 4. The van der Waals surface area contributed by atoms with Gasteiger partial charge in [-0.25, -0.2) is 0 Å². The molecule has 0 aliphatic rings. The third-order valence-corrected chi connectivity index (χ3v) is 21.2. The fourth-order valence-corrected chi connectivity index (χ4v) is 13.9. The highest BCUT2D eigenvalue weighted by atomic mass is 16.5. The minimum Gasteiger partial charge on any atom is -0.460 e. The third kappa shape index (κ3) is 67.6. The summed E-state index contributed by atoms with van der Waals surface area (Å²) in [4.78, 5) is 54.4. The predicted molar refractivity (Wildman–Crippen MR) is 474 cm³/mol. The monoisotopic (exact) mass is 1540 g/mol. The van der Waals surface area contributed by atoms with Gasteiger partial charge in [0.2, 0.25) is 0 Å². The van der Waals surface area contributed by atoms with Gasteiger partial charge in [0.15, 0.2) is 0 Å². The van der Waals surface area contributed by atoms with Gasteiger partial charge in [0.1, 0.15) is 26.4 Å². The SMILES string of the molecule is CCCCCCCCCCCCCCCCCC(=O)OC/C(C#CC#C/C(COC(=O)CCCCCCCCCCCCCCCCC)=C(\C#CC#Cc1ccccc1)COC(=O)CCCCCCCCCCCCCCCCC)=C(/C#CC#Cc1ccccc1)COC(=O)CCCCCCCCCCCCCCCCC.